The lowest BCUT2D eigenvalue weighted by atomic mass is 10.1. The molecule has 29 heavy (non-hydrogen) atoms. The molecular weight excluding hydrogens is 366 g/mol. The van der Waals surface area contributed by atoms with Crippen LogP contribution in [0, 0.1) is 0 Å². The number of imide groups is 1. The van der Waals surface area contributed by atoms with Gasteiger partial charge in [-0.2, -0.15) is 0 Å². The summed E-state index contributed by atoms with van der Waals surface area (Å²) in [5.41, 5.74) is 2.01. The standard InChI is InChI=1S/C23H27N3O3/c1-3-25(4-2)20(17-10-6-5-7-11-17)16-24-21(27)14-15-26-22(28)18-12-8-9-13-19(18)23(26)29/h5-13,20H,3-4,14-16H2,1-2H3,(H,24,27)/p+1/t20-/m1/s1. The average molecular weight is 394 g/mol. The molecule has 2 aromatic carbocycles. The molecular formula is C23H28N3O3+. The van der Waals surface area contributed by atoms with Gasteiger partial charge < -0.3 is 10.2 Å². The lowest BCUT2D eigenvalue weighted by molar-refractivity contribution is -0.927. The Kier molecular flexibility index (Phi) is 6.77. The summed E-state index contributed by atoms with van der Waals surface area (Å²) in [6, 6.07) is 17.1. The number of nitrogens with one attached hydrogen (secondary N) is 2. The van der Waals surface area contributed by atoms with Crippen molar-refractivity contribution >= 4 is 17.7 Å². The van der Waals surface area contributed by atoms with Gasteiger partial charge in [0, 0.05) is 18.5 Å². The van der Waals surface area contributed by atoms with Crippen molar-refractivity contribution in [1.82, 2.24) is 10.2 Å². The SMILES string of the molecule is CC[NH+](CC)[C@H](CNC(=O)CCN1C(=O)c2ccccc2C1=O)c1ccccc1. The molecule has 1 aliphatic heterocycles. The number of carbonyl (C=O) groups excluding carboxylic acids is 3. The molecule has 2 N–H and O–H groups in total. The van der Waals surface area contributed by atoms with E-state index in [1.54, 1.807) is 24.3 Å². The number of nitrogens with zero attached hydrogens (tertiary/aromatic N) is 1. The van der Waals surface area contributed by atoms with Crippen LogP contribution in [0.25, 0.3) is 0 Å². The van der Waals surface area contributed by atoms with Crippen molar-refractivity contribution in [2.24, 2.45) is 0 Å². The Bertz CT molecular complexity index is 843. The summed E-state index contributed by atoms with van der Waals surface area (Å²) < 4.78 is 0. The fourth-order valence-electron chi connectivity index (χ4n) is 3.89. The first kappa shape index (κ1) is 20.7. The minimum atomic E-state index is -0.326. The van der Waals surface area contributed by atoms with Crippen molar-refractivity contribution in [2.45, 2.75) is 26.3 Å². The predicted octanol–water partition coefficient (Wildman–Crippen LogP) is 1.45. The fourth-order valence-corrected chi connectivity index (χ4v) is 3.89. The minimum absolute atomic E-state index is 0.0896. The first-order valence-electron chi connectivity index (χ1n) is 10.2. The maximum atomic E-state index is 12.5. The number of amides is 3. The molecule has 0 saturated heterocycles. The monoisotopic (exact) mass is 394 g/mol. The van der Waals surface area contributed by atoms with E-state index >= 15 is 0 Å². The Morgan fingerprint density at radius 1 is 0.931 bits per heavy atom. The molecule has 0 aliphatic carbocycles. The third kappa shape index (κ3) is 4.54. The average Bonchev–Trinajstić information content (AvgIpc) is 3.00. The van der Waals surface area contributed by atoms with Gasteiger partial charge in [-0.3, -0.25) is 19.3 Å². The number of likely N-dealkylation sites (N-methyl/N-ethyl adjacent to an activating group) is 1. The quantitative estimate of drug-likeness (QED) is 0.633. The summed E-state index contributed by atoms with van der Waals surface area (Å²) in [7, 11) is 0. The smallest absolute Gasteiger partial charge is 0.261 e. The van der Waals surface area contributed by atoms with E-state index in [1.807, 2.05) is 18.2 Å². The summed E-state index contributed by atoms with van der Waals surface area (Å²) in [5, 5.41) is 3.00. The molecule has 6 heteroatoms. The van der Waals surface area contributed by atoms with Crippen LogP contribution in [0.15, 0.2) is 54.6 Å². The number of carbonyl (C=O) groups is 3. The van der Waals surface area contributed by atoms with Crippen LogP contribution >= 0.6 is 0 Å². The zero-order valence-corrected chi connectivity index (χ0v) is 17.0. The van der Waals surface area contributed by atoms with Crippen molar-refractivity contribution in [3.8, 4) is 0 Å². The van der Waals surface area contributed by atoms with E-state index in [0.29, 0.717) is 17.7 Å². The lowest BCUT2D eigenvalue weighted by Gasteiger charge is -2.27. The van der Waals surface area contributed by atoms with Gasteiger partial charge in [0.1, 0.15) is 6.04 Å². The number of rotatable bonds is 9. The summed E-state index contributed by atoms with van der Waals surface area (Å²) in [6.45, 7) is 6.80. The third-order valence-electron chi connectivity index (χ3n) is 5.55. The maximum Gasteiger partial charge on any atom is 0.261 e. The molecule has 0 fully saturated rings. The van der Waals surface area contributed by atoms with Gasteiger partial charge in [0.2, 0.25) is 5.91 Å². The molecule has 3 rings (SSSR count). The second-order valence-electron chi connectivity index (χ2n) is 7.19. The first-order chi connectivity index (χ1) is 14.1. The highest BCUT2D eigenvalue weighted by Crippen LogP contribution is 2.22. The van der Waals surface area contributed by atoms with Crippen molar-refractivity contribution in [3.05, 3.63) is 71.3 Å². The fraction of sp³-hybridized carbons (Fsp3) is 0.348. The van der Waals surface area contributed by atoms with Gasteiger partial charge in [0.15, 0.2) is 0 Å². The molecule has 152 valence electrons. The summed E-state index contributed by atoms with van der Waals surface area (Å²) in [6.07, 6.45) is 0.0978. The van der Waals surface area contributed by atoms with E-state index in [0.717, 1.165) is 18.0 Å². The number of benzene rings is 2. The molecule has 6 nitrogen and oxygen atoms in total. The lowest BCUT2D eigenvalue weighted by Crippen LogP contribution is -3.12. The summed E-state index contributed by atoms with van der Waals surface area (Å²) >= 11 is 0. The van der Waals surface area contributed by atoms with E-state index in [-0.39, 0.29) is 36.7 Å². The second kappa shape index (κ2) is 9.47. The topological polar surface area (TPSA) is 70.9 Å². The van der Waals surface area contributed by atoms with Crippen LogP contribution in [0.1, 0.15) is 52.6 Å². The van der Waals surface area contributed by atoms with Crippen LogP contribution in [-0.4, -0.2) is 48.8 Å². The largest absolute Gasteiger partial charge is 0.350 e. The Morgan fingerprint density at radius 3 is 2.03 bits per heavy atom. The molecule has 0 radical (unpaired) electrons. The molecule has 1 aliphatic rings. The predicted molar refractivity (Wildman–Crippen MR) is 111 cm³/mol. The van der Waals surface area contributed by atoms with E-state index in [9.17, 15) is 14.4 Å². The van der Waals surface area contributed by atoms with Crippen molar-refractivity contribution < 1.29 is 19.3 Å². The van der Waals surface area contributed by atoms with Gasteiger partial charge in [-0.25, -0.2) is 0 Å². The van der Waals surface area contributed by atoms with Gasteiger partial charge in [-0.1, -0.05) is 42.5 Å². The highest BCUT2D eigenvalue weighted by atomic mass is 16.2. The Balaban J connectivity index is 1.58. The zero-order valence-electron chi connectivity index (χ0n) is 17.0. The number of quaternary nitrogens is 1. The molecule has 0 bridgehead atoms. The van der Waals surface area contributed by atoms with Crippen molar-refractivity contribution in [3.63, 3.8) is 0 Å². The molecule has 0 saturated carbocycles. The van der Waals surface area contributed by atoms with Gasteiger partial charge in [0.25, 0.3) is 11.8 Å². The number of fused-ring (bicyclic) bond motifs is 1. The van der Waals surface area contributed by atoms with Crippen LogP contribution in [0.4, 0.5) is 0 Å². The molecule has 0 aromatic heterocycles. The van der Waals surface area contributed by atoms with Gasteiger partial charge >= 0.3 is 0 Å². The summed E-state index contributed by atoms with van der Waals surface area (Å²) in [4.78, 5) is 39.8. The molecule has 0 spiro atoms. The van der Waals surface area contributed by atoms with Crippen LogP contribution < -0.4 is 10.2 Å². The number of hydrogen-bond acceptors (Lipinski definition) is 3. The molecule has 1 heterocycles. The Labute approximate surface area is 171 Å². The Hall–Kier alpha value is -2.99. The number of hydrogen-bond donors (Lipinski definition) is 2. The Morgan fingerprint density at radius 2 is 1.48 bits per heavy atom. The third-order valence-corrected chi connectivity index (χ3v) is 5.55. The zero-order chi connectivity index (χ0) is 20.8. The normalized spacial score (nSPS) is 14.2. The molecule has 1 atom stereocenters. The van der Waals surface area contributed by atoms with Crippen LogP contribution in [0.3, 0.4) is 0 Å². The highest BCUT2D eigenvalue weighted by molar-refractivity contribution is 6.21. The minimum Gasteiger partial charge on any atom is -0.350 e. The van der Waals surface area contributed by atoms with E-state index in [1.165, 1.54) is 10.5 Å². The van der Waals surface area contributed by atoms with E-state index < -0.39 is 0 Å². The van der Waals surface area contributed by atoms with Crippen molar-refractivity contribution in [2.75, 3.05) is 26.2 Å². The van der Waals surface area contributed by atoms with Crippen LogP contribution in [0.5, 0.6) is 0 Å². The van der Waals surface area contributed by atoms with Crippen molar-refractivity contribution in [1.29, 1.82) is 0 Å². The molecule has 0 unspecified atom stereocenters. The van der Waals surface area contributed by atoms with Crippen LogP contribution in [-0.2, 0) is 4.79 Å². The van der Waals surface area contributed by atoms with Gasteiger partial charge in [-0.05, 0) is 26.0 Å². The maximum absolute atomic E-state index is 12.5. The van der Waals surface area contributed by atoms with Gasteiger partial charge in [-0.15, -0.1) is 0 Å². The molecule has 3 amide bonds. The first-order valence-corrected chi connectivity index (χ1v) is 10.2. The second-order valence-corrected chi connectivity index (χ2v) is 7.19. The van der Waals surface area contributed by atoms with E-state index in [2.05, 4.69) is 31.3 Å². The van der Waals surface area contributed by atoms with Gasteiger partial charge in [0.05, 0.1) is 30.8 Å². The van der Waals surface area contributed by atoms with E-state index in [4.69, 9.17) is 0 Å². The molecule has 2 aromatic rings. The van der Waals surface area contributed by atoms with Crippen LogP contribution in [0.2, 0.25) is 0 Å². The highest BCUT2D eigenvalue weighted by Gasteiger charge is 2.35. The summed E-state index contributed by atoms with van der Waals surface area (Å²) in [5.74, 6) is -0.810.